The lowest BCUT2D eigenvalue weighted by Gasteiger charge is -2.11. The van der Waals surface area contributed by atoms with Gasteiger partial charge in [-0.1, -0.05) is 23.2 Å². The normalized spacial score (nSPS) is 10.5. The summed E-state index contributed by atoms with van der Waals surface area (Å²) >= 11 is 11.8. The van der Waals surface area contributed by atoms with Crippen LogP contribution < -0.4 is 10.3 Å². The lowest BCUT2D eigenvalue weighted by atomic mass is 10.1. The van der Waals surface area contributed by atoms with E-state index in [2.05, 4.69) is 4.98 Å². The molecule has 0 fully saturated rings. The van der Waals surface area contributed by atoms with E-state index in [1.54, 1.807) is 13.0 Å². The Hall–Kier alpha value is -1.85. The van der Waals surface area contributed by atoms with E-state index in [4.69, 9.17) is 27.9 Å². The zero-order valence-electron chi connectivity index (χ0n) is 11.4. The van der Waals surface area contributed by atoms with Crippen LogP contribution in [0.3, 0.4) is 0 Å². The largest absolute Gasteiger partial charge is 0.468 e. The molecule has 1 aromatic carbocycles. The smallest absolute Gasteiger partial charge is 0.299 e. The van der Waals surface area contributed by atoms with Gasteiger partial charge in [-0.3, -0.25) is 14.2 Å². The average Bonchev–Trinajstić information content (AvgIpc) is 2.41. The van der Waals surface area contributed by atoms with Crippen LogP contribution in [0.5, 0.6) is 6.01 Å². The van der Waals surface area contributed by atoms with E-state index < -0.39 is 0 Å². The van der Waals surface area contributed by atoms with Crippen LogP contribution in [0, 0.1) is 6.92 Å². The van der Waals surface area contributed by atoms with Crippen LogP contribution in [0.1, 0.15) is 16.1 Å². The maximum Gasteiger partial charge on any atom is 0.299 e. The highest BCUT2D eigenvalue weighted by Crippen LogP contribution is 2.22. The second-order valence-corrected chi connectivity index (χ2v) is 5.20. The topological polar surface area (TPSA) is 61.2 Å². The number of ether oxygens (including phenoxy) is 1. The number of ketones is 1. The molecule has 0 aliphatic carbocycles. The Morgan fingerprint density at radius 3 is 2.67 bits per heavy atom. The Balaban J connectivity index is 2.38. The van der Waals surface area contributed by atoms with Gasteiger partial charge in [-0.2, -0.15) is 0 Å². The fraction of sp³-hybridized carbons (Fsp3) is 0.214. The second kappa shape index (κ2) is 6.28. The summed E-state index contributed by atoms with van der Waals surface area (Å²) in [5.41, 5.74) is 0.443. The Kier molecular flexibility index (Phi) is 4.65. The lowest BCUT2D eigenvalue weighted by molar-refractivity contribution is 0.0966. The first-order valence-electron chi connectivity index (χ1n) is 6.03. The summed E-state index contributed by atoms with van der Waals surface area (Å²) < 4.78 is 6.19. The third-order valence-electron chi connectivity index (χ3n) is 2.82. The van der Waals surface area contributed by atoms with Crippen LogP contribution >= 0.6 is 23.2 Å². The Morgan fingerprint density at radius 2 is 2.05 bits per heavy atom. The molecular weight excluding hydrogens is 315 g/mol. The van der Waals surface area contributed by atoms with E-state index in [1.807, 2.05) is 0 Å². The molecule has 0 saturated heterocycles. The number of halogens is 2. The number of aromatic nitrogens is 2. The number of carbonyl (C=O) groups excluding carboxylic acids is 1. The van der Waals surface area contributed by atoms with Gasteiger partial charge < -0.3 is 4.74 Å². The van der Waals surface area contributed by atoms with Gasteiger partial charge in [0, 0.05) is 22.3 Å². The monoisotopic (exact) mass is 326 g/mol. The lowest BCUT2D eigenvalue weighted by Crippen LogP contribution is -2.26. The highest BCUT2D eigenvalue weighted by molar-refractivity contribution is 6.36. The van der Waals surface area contributed by atoms with Crippen LogP contribution in [0.25, 0.3) is 0 Å². The van der Waals surface area contributed by atoms with Crippen molar-refractivity contribution in [3.63, 3.8) is 0 Å². The van der Waals surface area contributed by atoms with Crippen molar-refractivity contribution >= 4 is 29.0 Å². The predicted octanol–water partition coefficient (Wildman–Crippen LogP) is 2.75. The SMILES string of the molecule is COc1nc(C)cc(=O)n1CC(=O)c1ccc(Cl)cc1Cl. The van der Waals surface area contributed by atoms with Crippen molar-refractivity contribution in [3.8, 4) is 6.01 Å². The molecule has 0 atom stereocenters. The average molecular weight is 327 g/mol. The van der Waals surface area contributed by atoms with Crippen LogP contribution in [0.15, 0.2) is 29.1 Å². The van der Waals surface area contributed by atoms with Crippen molar-refractivity contribution in [2.45, 2.75) is 13.5 Å². The number of hydrogen-bond donors (Lipinski definition) is 0. The molecule has 0 unspecified atom stereocenters. The Morgan fingerprint density at radius 1 is 1.33 bits per heavy atom. The summed E-state index contributed by atoms with van der Waals surface area (Å²) in [5.74, 6) is -0.331. The van der Waals surface area contributed by atoms with Gasteiger partial charge in [-0.15, -0.1) is 0 Å². The van der Waals surface area contributed by atoms with E-state index in [0.717, 1.165) is 4.57 Å². The van der Waals surface area contributed by atoms with E-state index >= 15 is 0 Å². The van der Waals surface area contributed by atoms with Gasteiger partial charge in [0.1, 0.15) is 0 Å². The molecule has 1 heterocycles. The number of nitrogens with zero attached hydrogens (tertiary/aromatic N) is 2. The maximum absolute atomic E-state index is 12.3. The predicted molar refractivity (Wildman–Crippen MR) is 80.6 cm³/mol. The summed E-state index contributed by atoms with van der Waals surface area (Å²) in [7, 11) is 1.39. The van der Waals surface area contributed by atoms with E-state index in [9.17, 15) is 9.59 Å². The third kappa shape index (κ3) is 3.43. The van der Waals surface area contributed by atoms with Crippen LogP contribution in [0.4, 0.5) is 0 Å². The van der Waals surface area contributed by atoms with E-state index in [-0.39, 0.29) is 34.5 Å². The van der Waals surface area contributed by atoms with Crippen molar-refractivity contribution in [1.29, 1.82) is 0 Å². The van der Waals surface area contributed by atoms with Crippen LogP contribution in [-0.2, 0) is 6.54 Å². The molecule has 0 bridgehead atoms. The molecule has 0 radical (unpaired) electrons. The zero-order valence-corrected chi connectivity index (χ0v) is 12.9. The summed E-state index contributed by atoms with van der Waals surface area (Å²) in [6.45, 7) is 1.46. The zero-order chi connectivity index (χ0) is 15.6. The van der Waals surface area contributed by atoms with Crippen LogP contribution in [0.2, 0.25) is 10.0 Å². The molecule has 110 valence electrons. The van der Waals surface area contributed by atoms with Crippen molar-refractivity contribution in [2.24, 2.45) is 0 Å². The van der Waals surface area contributed by atoms with Gasteiger partial charge in [-0.25, -0.2) is 4.98 Å². The molecule has 5 nitrogen and oxygen atoms in total. The minimum Gasteiger partial charge on any atom is -0.468 e. The molecule has 1 aromatic heterocycles. The number of carbonyl (C=O) groups is 1. The summed E-state index contributed by atoms with van der Waals surface area (Å²) in [4.78, 5) is 28.3. The standard InChI is InChI=1S/C14H12Cl2N2O3/c1-8-5-13(20)18(14(17-8)21-2)7-12(19)10-4-3-9(15)6-11(10)16/h3-6H,7H2,1-2H3. The molecule has 0 N–H and O–H groups in total. The Bertz CT molecular complexity index is 756. The van der Waals surface area contributed by atoms with Gasteiger partial charge in [0.25, 0.3) is 11.6 Å². The molecule has 0 aliphatic heterocycles. The van der Waals surface area contributed by atoms with Gasteiger partial charge in [-0.05, 0) is 25.1 Å². The molecule has 0 saturated carbocycles. The first-order valence-corrected chi connectivity index (χ1v) is 6.78. The Labute approximate surface area is 131 Å². The molecule has 7 heteroatoms. The number of methoxy groups -OCH3 is 1. The quantitative estimate of drug-likeness (QED) is 0.810. The summed E-state index contributed by atoms with van der Waals surface area (Å²) in [6, 6.07) is 5.97. The molecule has 0 amide bonds. The minimum absolute atomic E-state index is 0.0819. The van der Waals surface area contributed by atoms with Crippen LogP contribution in [-0.4, -0.2) is 22.4 Å². The number of hydrogen-bond acceptors (Lipinski definition) is 4. The fourth-order valence-electron chi connectivity index (χ4n) is 1.84. The molecule has 21 heavy (non-hydrogen) atoms. The van der Waals surface area contributed by atoms with Gasteiger partial charge in [0.05, 0.1) is 18.7 Å². The highest BCUT2D eigenvalue weighted by atomic mass is 35.5. The van der Waals surface area contributed by atoms with Crippen molar-refractivity contribution < 1.29 is 9.53 Å². The summed E-state index contributed by atoms with van der Waals surface area (Å²) in [6.07, 6.45) is 0. The second-order valence-electron chi connectivity index (χ2n) is 4.36. The first-order chi connectivity index (χ1) is 9.92. The third-order valence-corrected chi connectivity index (χ3v) is 3.36. The molecule has 2 aromatic rings. The molecule has 0 aliphatic rings. The number of rotatable bonds is 4. The van der Waals surface area contributed by atoms with Gasteiger partial charge >= 0.3 is 0 Å². The summed E-state index contributed by atoms with van der Waals surface area (Å²) in [5, 5.41) is 0.669. The first kappa shape index (κ1) is 15.5. The van der Waals surface area contributed by atoms with Crippen molar-refractivity contribution in [3.05, 3.63) is 55.9 Å². The number of benzene rings is 1. The van der Waals surface area contributed by atoms with Crippen molar-refractivity contribution in [1.82, 2.24) is 9.55 Å². The van der Waals surface area contributed by atoms with E-state index in [1.165, 1.54) is 25.3 Å². The number of Topliss-reactive ketones (excluding diaryl/α,β-unsaturated/α-hetero) is 1. The minimum atomic E-state index is -0.363. The van der Waals surface area contributed by atoms with E-state index in [0.29, 0.717) is 10.7 Å². The van der Waals surface area contributed by atoms with Crippen molar-refractivity contribution in [2.75, 3.05) is 7.11 Å². The molecule has 0 spiro atoms. The van der Waals surface area contributed by atoms with Gasteiger partial charge in [0.2, 0.25) is 0 Å². The fourth-order valence-corrected chi connectivity index (χ4v) is 2.35. The highest BCUT2D eigenvalue weighted by Gasteiger charge is 2.15. The number of aryl methyl sites for hydroxylation is 1. The van der Waals surface area contributed by atoms with Gasteiger partial charge in [0.15, 0.2) is 5.78 Å². The molecule has 2 rings (SSSR count). The molecular formula is C14H12Cl2N2O3. The maximum atomic E-state index is 12.3.